The van der Waals surface area contributed by atoms with Gasteiger partial charge in [0.05, 0.1) is 6.61 Å². The van der Waals surface area contributed by atoms with Crippen molar-refractivity contribution in [1.29, 1.82) is 0 Å². The zero-order valence-electron chi connectivity index (χ0n) is 12.5. The van der Waals surface area contributed by atoms with Crippen molar-refractivity contribution in [3.63, 3.8) is 0 Å². The average molecular weight is 315 g/mol. The van der Waals surface area contributed by atoms with Gasteiger partial charge in [0.15, 0.2) is 0 Å². The van der Waals surface area contributed by atoms with Crippen molar-refractivity contribution in [3.05, 3.63) is 0 Å². The number of nitrogens with one attached hydrogen (secondary N) is 1. The molecule has 0 aliphatic rings. The van der Waals surface area contributed by atoms with E-state index in [1.54, 1.807) is 20.8 Å². The van der Waals surface area contributed by atoms with Crippen LogP contribution in [0.4, 0.5) is 0 Å². The van der Waals surface area contributed by atoms with Crippen molar-refractivity contribution >= 4 is 16.8 Å². The summed E-state index contributed by atoms with van der Waals surface area (Å²) >= 11 is 0. The first kappa shape index (κ1) is 24.6. The number of aliphatic hydroxyl groups is 2. The third-order valence-corrected chi connectivity index (χ3v) is 2.65. The zero-order chi connectivity index (χ0) is 16.8. The first-order chi connectivity index (χ1) is 8.95. The number of carbonyl (C=O) groups is 1. The molecule has 0 aromatic heterocycles. The molecule has 0 fully saturated rings. The Morgan fingerprint density at radius 3 is 1.85 bits per heavy atom. The maximum Gasteiger partial charge on any atom is 0.216 e. The van der Waals surface area contributed by atoms with Gasteiger partial charge in [-0.25, -0.2) is 0 Å². The molecule has 0 bridgehead atoms. The topological polar surface area (TPSA) is 165 Å². The second kappa shape index (κ2) is 13.6. The van der Waals surface area contributed by atoms with Crippen LogP contribution in [0.1, 0.15) is 27.7 Å². The van der Waals surface area contributed by atoms with Gasteiger partial charge >= 0.3 is 0 Å². The van der Waals surface area contributed by atoms with E-state index in [2.05, 4.69) is 5.32 Å². The summed E-state index contributed by atoms with van der Waals surface area (Å²) in [5, 5.41) is 17.8. The second-order valence-corrected chi connectivity index (χ2v) is 6.01. The van der Waals surface area contributed by atoms with Crippen LogP contribution in [0.2, 0.25) is 0 Å². The lowest BCUT2D eigenvalue weighted by molar-refractivity contribution is -0.119. The Morgan fingerprint density at radius 2 is 1.65 bits per heavy atom. The van der Waals surface area contributed by atoms with Crippen molar-refractivity contribution in [2.75, 3.05) is 32.1 Å². The maximum atomic E-state index is 10.5. The van der Waals surface area contributed by atoms with E-state index >= 15 is 0 Å². The normalized spacial score (nSPS) is 11.5. The molecule has 0 radical (unpaired) electrons. The Morgan fingerprint density at radius 1 is 1.30 bits per heavy atom. The fourth-order valence-electron chi connectivity index (χ4n) is 0.893. The fraction of sp³-hybridized carbons (Fsp3) is 0.909. The predicted octanol–water partition coefficient (Wildman–Crippen LogP) is -0.719. The van der Waals surface area contributed by atoms with E-state index in [1.807, 2.05) is 0 Å². The molecule has 0 aliphatic heterocycles. The molecule has 126 valence electrons. The lowest BCUT2D eigenvalue weighted by Crippen LogP contribution is -2.36. The van der Waals surface area contributed by atoms with E-state index in [0.717, 1.165) is 0 Å². The summed E-state index contributed by atoms with van der Waals surface area (Å²) in [6.07, 6.45) is 0. The van der Waals surface area contributed by atoms with Gasteiger partial charge in [-0.15, -0.1) is 0 Å². The maximum absolute atomic E-state index is 10.5. The highest BCUT2D eigenvalue weighted by Crippen LogP contribution is 2.38. The minimum atomic E-state index is -4.23. The van der Waals surface area contributed by atoms with Crippen molar-refractivity contribution in [2.45, 2.75) is 27.7 Å². The minimum absolute atomic E-state index is 0.0972. The van der Waals surface area contributed by atoms with Crippen LogP contribution < -0.4 is 11.1 Å². The Labute approximate surface area is 122 Å². The quantitative estimate of drug-likeness (QED) is 0.519. The molecule has 0 saturated heterocycles. The molecule has 1 amide bonds. The molecular formula is C11H27N2O6S-3. The number of nitrogens with two attached hydrogens (primary N) is 1. The summed E-state index contributed by atoms with van der Waals surface area (Å²) in [6.45, 7) is 7.14. The minimum Gasteiger partial charge on any atom is -0.834 e. The molecule has 0 spiro atoms. The Bertz CT molecular complexity index is 231. The lowest BCUT2D eigenvalue weighted by Gasteiger charge is -2.67. The average Bonchev–Trinajstić information content (AvgIpc) is 2.25. The molecule has 0 aromatic rings. The Hall–Kier alpha value is -0.420. The first-order valence-corrected chi connectivity index (χ1v) is 7.63. The molecule has 20 heavy (non-hydrogen) atoms. The van der Waals surface area contributed by atoms with Crippen LogP contribution in [0, 0.1) is 5.41 Å². The van der Waals surface area contributed by atoms with Crippen LogP contribution in [0.25, 0.3) is 0 Å². The number of hydrogen-bond acceptors (Lipinski definition) is 7. The molecule has 0 atom stereocenters. The highest BCUT2D eigenvalue weighted by molar-refractivity contribution is 8.19. The third-order valence-electron chi connectivity index (χ3n) is 1.51. The predicted molar refractivity (Wildman–Crippen MR) is 76.2 cm³/mol. The molecule has 9 heteroatoms. The van der Waals surface area contributed by atoms with Crippen LogP contribution in [0.5, 0.6) is 0 Å². The summed E-state index contributed by atoms with van der Waals surface area (Å²) in [5.74, 6) is -0.711. The van der Waals surface area contributed by atoms with Gasteiger partial charge in [0.1, 0.15) is 0 Å². The molecule has 5 N–H and O–H groups in total. The van der Waals surface area contributed by atoms with Gasteiger partial charge < -0.3 is 45.8 Å². The number of rotatable bonds is 5. The summed E-state index contributed by atoms with van der Waals surface area (Å²) in [6, 6.07) is 0. The number of amides is 1. The van der Waals surface area contributed by atoms with E-state index in [1.165, 1.54) is 6.92 Å². The van der Waals surface area contributed by atoms with E-state index in [4.69, 9.17) is 15.9 Å². The van der Waals surface area contributed by atoms with E-state index in [0.29, 0.717) is 6.54 Å². The zero-order valence-corrected chi connectivity index (χ0v) is 13.4. The highest BCUT2D eigenvalue weighted by atomic mass is 32.3. The summed E-state index contributed by atoms with van der Waals surface area (Å²) < 4.78 is 31.3. The Balaban J connectivity index is -0.000000343. The van der Waals surface area contributed by atoms with Crippen molar-refractivity contribution in [2.24, 2.45) is 11.1 Å². The van der Waals surface area contributed by atoms with Crippen LogP contribution >= 0.6 is 10.9 Å². The highest BCUT2D eigenvalue weighted by Gasteiger charge is 2.16. The van der Waals surface area contributed by atoms with E-state index in [-0.39, 0.29) is 25.7 Å². The summed E-state index contributed by atoms with van der Waals surface area (Å²) in [7, 11) is -4.23. The molecule has 0 heterocycles. The fourth-order valence-corrected chi connectivity index (χ4v) is 1.95. The molecule has 8 nitrogen and oxygen atoms in total. The summed E-state index contributed by atoms with van der Waals surface area (Å²) in [5.41, 5.74) is 4.06. The molecule has 0 aliphatic carbocycles. The number of hydrogen-bond donors (Lipinski definition) is 4. The summed E-state index contributed by atoms with van der Waals surface area (Å²) in [4.78, 5) is 10.5. The van der Waals surface area contributed by atoms with Crippen molar-refractivity contribution < 1.29 is 28.7 Å². The van der Waals surface area contributed by atoms with Gasteiger partial charge in [0.25, 0.3) is 0 Å². The molecule has 0 saturated carbocycles. The number of aliphatic hydroxyl groups excluding tert-OH is 2. The van der Waals surface area contributed by atoms with Crippen LogP contribution in [0.15, 0.2) is 0 Å². The van der Waals surface area contributed by atoms with Gasteiger partial charge in [-0.1, -0.05) is 19.6 Å². The van der Waals surface area contributed by atoms with E-state index < -0.39 is 22.0 Å². The van der Waals surface area contributed by atoms with Crippen molar-refractivity contribution in [1.82, 2.24) is 5.32 Å². The van der Waals surface area contributed by atoms with Gasteiger partial charge in [-0.2, -0.15) is 0 Å². The third kappa shape index (κ3) is 30.5. The second-order valence-electron chi connectivity index (χ2n) is 4.60. The largest absolute Gasteiger partial charge is 0.834 e. The SMILES string of the molecule is CC(=O)NCC(C)(C)CS([O-])([O-])[O-].CCO.NCCO. The van der Waals surface area contributed by atoms with E-state index in [9.17, 15) is 18.5 Å². The first-order valence-electron chi connectivity index (χ1n) is 6.05. The molecule has 0 unspecified atom stereocenters. The van der Waals surface area contributed by atoms with Crippen LogP contribution in [-0.2, 0) is 4.79 Å². The monoisotopic (exact) mass is 315 g/mol. The number of carbonyl (C=O) groups excluding carboxylic acids is 1. The van der Waals surface area contributed by atoms with Gasteiger partial charge in [-0.3, -0.25) is 4.79 Å². The van der Waals surface area contributed by atoms with Gasteiger partial charge in [-0.05, 0) is 12.3 Å². The lowest BCUT2D eigenvalue weighted by atomic mass is 9.96. The molecule has 0 aromatic carbocycles. The van der Waals surface area contributed by atoms with Crippen LogP contribution in [-0.4, -0.2) is 61.8 Å². The van der Waals surface area contributed by atoms with Gasteiger partial charge in [0.2, 0.25) is 5.91 Å². The van der Waals surface area contributed by atoms with Crippen LogP contribution in [0.3, 0.4) is 0 Å². The van der Waals surface area contributed by atoms with Crippen molar-refractivity contribution in [3.8, 4) is 0 Å². The van der Waals surface area contributed by atoms with Gasteiger partial charge in [0, 0.05) is 26.6 Å². The Kier molecular flexibility index (Phi) is 16.7. The smallest absolute Gasteiger partial charge is 0.216 e. The molecular weight excluding hydrogens is 288 g/mol. The molecule has 0 rings (SSSR count). The standard InChI is InChI=1S/C7H17NO4S.C2H7NO.C2H6O/c1-6(9)8-4-7(2,3)5-13(10,11)12;3-1-2-4;1-2-3/h10-12H,4-5H2,1-3H3,(H,8,9);4H,1-3H2;3H,2H2,1H3/p-3.